The lowest BCUT2D eigenvalue weighted by atomic mass is 10.1. The second-order valence-corrected chi connectivity index (χ2v) is 10.3. The molecule has 0 amide bonds. The highest BCUT2D eigenvalue weighted by atomic mass is 28.4. The van der Waals surface area contributed by atoms with Gasteiger partial charge in [-0.05, 0) is 43.6 Å². The summed E-state index contributed by atoms with van der Waals surface area (Å²) in [6.07, 6.45) is 3.67. The Morgan fingerprint density at radius 3 is 2.14 bits per heavy atom. The van der Waals surface area contributed by atoms with Crippen LogP contribution < -0.4 is 0 Å². The second kappa shape index (κ2) is 7.94. The highest BCUT2D eigenvalue weighted by Crippen LogP contribution is 2.21. The molecule has 1 aromatic rings. The summed E-state index contributed by atoms with van der Waals surface area (Å²) >= 11 is 0. The minimum absolute atomic E-state index is 0.0991. The topological polar surface area (TPSA) is 9.23 Å². The van der Waals surface area contributed by atoms with Gasteiger partial charge in [0.25, 0.3) is 0 Å². The number of hydrogen-bond acceptors (Lipinski definition) is 1. The van der Waals surface area contributed by atoms with Gasteiger partial charge in [0, 0.05) is 7.11 Å². The van der Waals surface area contributed by atoms with Gasteiger partial charge < -0.3 is 4.43 Å². The van der Waals surface area contributed by atoms with Crippen LogP contribution in [0.2, 0.25) is 19.1 Å². The molecule has 0 saturated heterocycles. The van der Waals surface area contributed by atoms with Gasteiger partial charge in [-0.25, -0.2) is 17.6 Å². The molecule has 6 heteroatoms. The van der Waals surface area contributed by atoms with Crippen LogP contribution in [0.3, 0.4) is 0 Å². The molecule has 21 heavy (non-hydrogen) atoms. The smallest absolute Gasteiger partial charge is 0.197 e. The normalized spacial score (nSPS) is 12.0. The SMILES string of the molecule is CO[Si](C)(C)CCCCCCc1cc(F)c(F)c(F)c1F. The highest BCUT2D eigenvalue weighted by molar-refractivity contribution is 6.71. The molecule has 0 heterocycles. The molecule has 0 atom stereocenters. The van der Waals surface area contributed by atoms with Crippen LogP contribution in [-0.2, 0) is 10.8 Å². The first kappa shape index (κ1) is 18.2. The second-order valence-electron chi connectivity index (χ2n) is 5.84. The van der Waals surface area contributed by atoms with Crippen molar-refractivity contribution in [1.29, 1.82) is 0 Å². The van der Waals surface area contributed by atoms with E-state index >= 15 is 0 Å². The molecule has 0 aromatic heterocycles. The Hall–Kier alpha value is -0.883. The third kappa shape index (κ3) is 5.43. The maximum atomic E-state index is 13.4. The lowest BCUT2D eigenvalue weighted by Crippen LogP contribution is -2.27. The van der Waals surface area contributed by atoms with Crippen molar-refractivity contribution in [3.8, 4) is 0 Å². The Morgan fingerprint density at radius 1 is 0.905 bits per heavy atom. The number of aryl methyl sites for hydroxylation is 1. The standard InChI is InChI=1S/C15H22F4OSi/c1-20-21(2,3)9-7-5-4-6-8-11-10-12(16)14(18)15(19)13(11)17/h10H,4-9H2,1-3H3. The van der Waals surface area contributed by atoms with Gasteiger partial charge in [-0.15, -0.1) is 0 Å². The summed E-state index contributed by atoms with van der Waals surface area (Å²) in [5.74, 6) is -6.08. The molecule has 1 nitrogen and oxygen atoms in total. The summed E-state index contributed by atoms with van der Waals surface area (Å²) in [6, 6.07) is 1.80. The van der Waals surface area contributed by atoms with Crippen molar-refractivity contribution in [3.05, 3.63) is 34.9 Å². The first-order valence-corrected chi connectivity index (χ1v) is 10.3. The van der Waals surface area contributed by atoms with Gasteiger partial charge in [-0.2, -0.15) is 0 Å². The van der Waals surface area contributed by atoms with Gasteiger partial charge in [-0.1, -0.05) is 19.3 Å². The van der Waals surface area contributed by atoms with E-state index in [-0.39, 0.29) is 12.0 Å². The molecule has 0 N–H and O–H groups in total. The van der Waals surface area contributed by atoms with Crippen molar-refractivity contribution >= 4 is 8.32 Å². The highest BCUT2D eigenvalue weighted by Gasteiger charge is 2.20. The molecule has 0 radical (unpaired) electrons. The summed E-state index contributed by atoms with van der Waals surface area (Å²) < 4.78 is 57.8. The summed E-state index contributed by atoms with van der Waals surface area (Å²) in [4.78, 5) is 0. The fourth-order valence-electron chi connectivity index (χ4n) is 2.13. The van der Waals surface area contributed by atoms with Crippen LogP contribution in [0, 0.1) is 23.3 Å². The van der Waals surface area contributed by atoms with E-state index in [9.17, 15) is 17.6 Å². The molecule has 1 rings (SSSR count). The summed E-state index contributed by atoms with van der Waals surface area (Å²) in [7, 11) is 0.196. The Kier molecular flexibility index (Phi) is 6.87. The van der Waals surface area contributed by atoms with E-state index < -0.39 is 31.6 Å². The third-order valence-electron chi connectivity index (χ3n) is 3.71. The largest absolute Gasteiger partial charge is 0.420 e. The Bertz CT molecular complexity index is 477. The summed E-state index contributed by atoms with van der Waals surface area (Å²) in [5.41, 5.74) is -0.0991. The van der Waals surface area contributed by atoms with Crippen LogP contribution in [0.25, 0.3) is 0 Å². The minimum Gasteiger partial charge on any atom is -0.420 e. The molecular weight excluding hydrogens is 300 g/mol. The maximum absolute atomic E-state index is 13.4. The van der Waals surface area contributed by atoms with Crippen LogP contribution in [0.4, 0.5) is 17.6 Å². The van der Waals surface area contributed by atoms with Gasteiger partial charge in [-0.3, -0.25) is 0 Å². The number of rotatable bonds is 8. The number of hydrogen-bond donors (Lipinski definition) is 0. The van der Waals surface area contributed by atoms with Crippen molar-refractivity contribution in [1.82, 2.24) is 0 Å². The van der Waals surface area contributed by atoms with Gasteiger partial charge in [0.2, 0.25) is 0 Å². The van der Waals surface area contributed by atoms with Crippen molar-refractivity contribution < 1.29 is 22.0 Å². The van der Waals surface area contributed by atoms with E-state index in [1.807, 2.05) is 0 Å². The number of halogens is 4. The molecule has 0 fully saturated rings. The first-order valence-electron chi connectivity index (χ1n) is 7.15. The van der Waals surface area contributed by atoms with E-state index in [1.165, 1.54) is 0 Å². The Morgan fingerprint density at radius 2 is 1.52 bits per heavy atom. The van der Waals surface area contributed by atoms with Crippen molar-refractivity contribution in [2.75, 3.05) is 7.11 Å². The summed E-state index contributed by atoms with van der Waals surface area (Å²) in [5, 5.41) is 0. The molecule has 120 valence electrons. The van der Waals surface area contributed by atoms with Crippen LogP contribution >= 0.6 is 0 Å². The van der Waals surface area contributed by atoms with Crippen LogP contribution in [0.5, 0.6) is 0 Å². The van der Waals surface area contributed by atoms with E-state index in [1.54, 1.807) is 7.11 Å². The number of benzene rings is 1. The van der Waals surface area contributed by atoms with Gasteiger partial charge in [0.15, 0.2) is 31.6 Å². The average Bonchev–Trinajstić information content (AvgIpc) is 2.45. The Labute approximate surface area is 124 Å². The molecule has 0 spiro atoms. The zero-order valence-electron chi connectivity index (χ0n) is 12.7. The van der Waals surface area contributed by atoms with Gasteiger partial charge >= 0.3 is 0 Å². The molecular formula is C15H22F4OSi. The maximum Gasteiger partial charge on any atom is 0.197 e. The number of unbranched alkanes of at least 4 members (excludes halogenated alkanes) is 3. The van der Waals surface area contributed by atoms with E-state index in [2.05, 4.69) is 13.1 Å². The minimum atomic E-state index is -1.75. The predicted molar refractivity (Wildman–Crippen MR) is 77.7 cm³/mol. The van der Waals surface area contributed by atoms with E-state index in [0.717, 1.165) is 31.4 Å². The molecule has 0 saturated carbocycles. The van der Waals surface area contributed by atoms with Gasteiger partial charge in [0.1, 0.15) is 0 Å². The quantitative estimate of drug-likeness (QED) is 0.210. The van der Waals surface area contributed by atoms with E-state index in [4.69, 9.17) is 4.43 Å². The monoisotopic (exact) mass is 322 g/mol. The van der Waals surface area contributed by atoms with Crippen LogP contribution in [-0.4, -0.2) is 15.4 Å². The van der Waals surface area contributed by atoms with Crippen LogP contribution in [0.15, 0.2) is 6.07 Å². The summed E-state index contributed by atoms with van der Waals surface area (Å²) in [6.45, 7) is 4.29. The predicted octanol–water partition coefficient (Wildman–Crippen LogP) is 5.20. The van der Waals surface area contributed by atoms with Crippen molar-refractivity contribution in [2.45, 2.75) is 51.2 Å². The van der Waals surface area contributed by atoms with Gasteiger partial charge in [0.05, 0.1) is 0 Å². The fourth-order valence-corrected chi connectivity index (χ4v) is 3.43. The average molecular weight is 322 g/mol. The van der Waals surface area contributed by atoms with Crippen molar-refractivity contribution in [3.63, 3.8) is 0 Å². The lowest BCUT2D eigenvalue weighted by Gasteiger charge is -2.19. The van der Waals surface area contributed by atoms with Crippen LogP contribution in [0.1, 0.15) is 31.2 Å². The molecule has 0 aliphatic carbocycles. The fraction of sp³-hybridized carbons (Fsp3) is 0.600. The molecule has 0 bridgehead atoms. The van der Waals surface area contributed by atoms with Crippen molar-refractivity contribution in [2.24, 2.45) is 0 Å². The molecule has 0 aliphatic rings. The molecule has 0 aliphatic heterocycles. The zero-order valence-corrected chi connectivity index (χ0v) is 13.7. The first-order chi connectivity index (χ1) is 9.78. The molecule has 1 aromatic carbocycles. The molecule has 0 unspecified atom stereocenters. The lowest BCUT2D eigenvalue weighted by molar-refractivity contribution is 0.400. The Balaban J connectivity index is 2.37. The third-order valence-corrected chi connectivity index (χ3v) is 6.37. The zero-order chi connectivity index (χ0) is 16.0. The van der Waals surface area contributed by atoms with E-state index in [0.29, 0.717) is 6.42 Å².